The van der Waals surface area contributed by atoms with Crippen LogP contribution in [0.4, 0.5) is 13.6 Å². The number of benzene rings is 3. The topological polar surface area (TPSA) is 209 Å². The SMILES string of the molecule is CCC[C@H](NC(=O)C1C[C@@H](OC(=O)N2CCc3ccccc3C2)CN1C(=O)C(NC(=O)[C@@H](NC(=O)c1cnccn1)C(C)C)C(C)C)C(=O)C(F)(F)C(=O)N[C@@H](C)c1ccc2ccccc2c1. The number of hydrogen-bond donors (Lipinski definition) is 4. The smallest absolute Gasteiger partial charge is 0.410 e. The number of likely N-dealkylation sites (tertiary alicyclic amines) is 1. The Kier molecular flexibility index (Phi) is 16.0. The van der Waals surface area contributed by atoms with Crippen molar-refractivity contribution in [2.75, 3.05) is 13.1 Å². The minimum absolute atomic E-state index is 0.0356. The number of carbonyl (C=O) groups excluding carboxylic acids is 7. The molecule has 356 valence electrons. The van der Waals surface area contributed by atoms with Crippen molar-refractivity contribution in [3.8, 4) is 0 Å². The minimum Gasteiger partial charge on any atom is -0.444 e. The van der Waals surface area contributed by atoms with Crippen molar-refractivity contribution < 1.29 is 47.1 Å². The van der Waals surface area contributed by atoms with Gasteiger partial charge in [0.05, 0.1) is 24.8 Å². The number of ketones is 1. The van der Waals surface area contributed by atoms with E-state index in [1.807, 2.05) is 48.5 Å². The van der Waals surface area contributed by atoms with Gasteiger partial charge in [0, 0.05) is 31.9 Å². The second kappa shape index (κ2) is 21.6. The summed E-state index contributed by atoms with van der Waals surface area (Å²) in [6.07, 6.45) is 2.37. The standard InChI is InChI=1S/C49H58F2N8O8/c1-7-12-37(42(60)49(50,51)47(65)54-30(6)33-18-17-31-13-8-10-15-34(31)23-33)55-44(62)39-24-36(67-48(66)58-22-19-32-14-9-11-16-35(32)26-58)27-59(39)46(64)41(29(4)5)57-45(63)40(28(2)3)56-43(61)38-25-52-20-21-53-38/h8-11,13-18,20-21,23,25,28-30,36-37,39-41H,7,12,19,22,24,26-27H2,1-6H3,(H,54,65)(H,55,62)(H,56,61)(H,57,63)/t30-,36+,37-,39?,40-,41?/m0/s1. The van der Waals surface area contributed by atoms with E-state index in [0.717, 1.165) is 26.8 Å². The van der Waals surface area contributed by atoms with Crippen LogP contribution in [0.25, 0.3) is 10.8 Å². The third-order valence-corrected chi connectivity index (χ3v) is 12.2. The van der Waals surface area contributed by atoms with E-state index in [2.05, 4.69) is 31.2 Å². The summed E-state index contributed by atoms with van der Waals surface area (Å²) >= 11 is 0. The molecule has 67 heavy (non-hydrogen) atoms. The van der Waals surface area contributed by atoms with Crippen molar-refractivity contribution in [3.05, 3.63) is 108 Å². The Morgan fingerprint density at radius 3 is 2.18 bits per heavy atom. The largest absolute Gasteiger partial charge is 0.444 e. The molecule has 6 amide bonds. The predicted octanol–water partition coefficient (Wildman–Crippen LogP) is 5.06. The zero-order valence-corrected chi connectivity index (χ0v) is 38.5. The molecule has 16 nitrogen and oxygen atoms in total. The van der Waals surface area contributed by atoms with Crippen molar-refractivity contribution in [3.63, 3.8) is 0 Å². The lowest BCUT2D eigenvalue weighted by Gasteiger charge is -2.32. The molecule has 18 heteroatoms. The van der Waals surface area contributed by atoms with Gasteiger partial charge in [-0.25, -0.2) is 9.78 Å². The summed E-state index contributed by atoms with van der Waals surface area (Å²) in [4.78, 5) is 107. The van der Waals surface area contributed by atoms with E-state index in [-0.39, 0.29) is 38.0 Å². The Morgan fingerprint density at radius 1 is 0.821 bits per heavy atom. The zero-order chi connectivity index (χ0) is 48.6. The Labute approximate surface area is 388 Å². The van der Waals surface area contributed by atoms with Crippen molar-refractivity contribution >= 4 is 52.2 Å². The van der Waals surface area contributed by atoms with Gasteiger partial charge in [-0.15, -0.1) is 0 Å². The summed E-state index contributed by atoms with van der Waals surface area (Å²) in [5, 5.41) is 11.8. The molecule has 0 saturated carbocycles. The normalized spacial score (nSPS) is 17.8. The maximum Gasteiger partial charge on any atom is 0.410 e. The number of hydrogen-bond acceptors (Lipinski definition) is 10. The third-order valence-electron chi connectivity index (χ3n) is 12.2. The first-order chi connectivity index (χ1) is 31.9. The molecule has 1 aromatic heterocycles. The van der Waals surface area contributed by atoms with E-state index < -0.39 is 95.5 Å². The highest BCUT2D eigenvalue weighted by atomic mass is 19.3. The van der Waals surface area contributed by atoms with Crippen LogP contribution in [0, 0.1) is 11.8 Å². The Morgan fingerprint density at radius 2 is 1.51 bits per heavy atom. The maximum atomic E-state index is 15.9. The lowest BCUT2D eigenvalue weighted by atomic mass is 9.98. The molecule has 3 heterocycles. The van der Waals surface area contributed by atoms with Gasteiger partial charge in [-0.2, -0.15) is 8.78 Å². The molecule has 4 aromatic rings. The third kappa shape index (κ3) is 11.8. The second-order valence-electron chi connectivity index (χ2n) is 17.8. The first-order valence-corrected chi connectivity index (χ1v) is 22.6. The highest BCUT2D eigenvalue weighted by Crippen LogP contribution is 2.28. The van der Waals surface area contributed by atoms with E-state index in [4.69, 9.17) is 4.74 Å². The average molecular weight is 925 g/mol. The summed E-state index contributed by atoms with van der Waals surface area (Å²) in [6.45, 7) is 10.1. The van der Waals surface area contributed by atoms with Crippen LogP contribution in [0.2, 0.25) is 0 Å². The van der Waals surface area contributed by atoms with E-state index in [9.17, 15) is 33.6 Å². The van der Waals surface area contributed by atoms with E-state index in [1.165, 1.54) is 30.4 Å². The fourth-order valence-electron chi connectivity index (χ4n) is 8.35. The highest BCUT2D eigenvalue weighted by Gasteiger charge is 2.52. The van der Waals surface area contributed by atoms with E-state index >= 15 is 8.78 Å². The van der Waals surface area contributed by atoms with Crippen LogP contribution in [0.15, 0.2) is 85.3 Å². The quantitative estimate of drug-likeness (QED) is 0.104. The molecule has 2 unspecified atom stereocenters. The highest BCUT2D eigenvalue weighted by molar-refractivity contribution is 6.11. The summed E-state index contributed by atoms with van der Waals surface area (Å²) < 4.78 is 37.8. The number of amides is 6. The summed E-state index contributed by atoms with van der Waals surface area (Å²) in [6, 6.07) is 13.6. The fraction of sp³-hybridized carbons (Fsp3) is 0.449. The number of rotatable bonds is 17. The molecular weight excluding hydrogens is 867 g/mol. The zero-order valence-electron chi connectivity index (χ0n) is 38.5. The summed E-state index contributed by atoms with van der Waals surface area (Å²) in [5.41, 5.74) is 2.53. The van der Waals surface area contributed by atoms with Gasteiger partial charge in [-0.3, -0.25) is 33.8 Å². The molecule has 2 aliphatic heterocycles. The minimum atomic E-state index is -4.57. The van der Waals surface area contributed by atoms with Crippen LogP contribution < -0.4 is 21.3 Å². The number of nitrogens with one attached hydrogen (secondary N) is 4. The molecule has 0 radical (unpaired) electrons. The number of alkyl halides is 2. The Bertz CT molecular complexity index is 2470. The number of fused-ring (bicyclic) bond motifs is 2. The number of ether oxygens (including phenoxy) is 1. The predicted molar refractivity (Wildman–Crippen MR) is 243 cm³/mol. The number of halogens is 2. The van der Waals surface area contributed by atoms with Crippen molar-refractivity contribution in [2.45, 2.75) is 116 Å². The van der Waals surface area contributed by atoms with Gasteiger partial charge in [-0.1, -0.05) is 102 Å². The van der Waals surface area contributed by atoms with Crippen molar-refractivity contribution in [1.82, 2.24) is 41.0 Å². The van der Waals surface area contributed by atoms with Gasteiger partial charge in [0.15, 0.2) is 0 Å². The number of carbonyl (C=O) groups is 7. The molecule has 0 aliphatic carbocycles. The molecule has 6 rings (SSSR count). The van der Waals surface area contributed by atoms with Crippen LogP contribution in [0.5, 0.6) is 0 Å². The van der Waals surface area contributed by atoms with Crippen LogP contribution in [0.1, 0.15) is 94.0 Å². The lowest BCUT2D eigenvalue weighted by molar-refractivity contribution is -0.161. The van der Waals surface area contributed by atoms with Crippen LogP contribution in [-0.2, 0) is 41.7 Å². The molecule has 0 spiro atoms. The van der Waals surface area contributed by atoms with Gasteiger partial charge in [0.1, 0.15) is 29.9 Å². The van der Waals surface area contributed by atoms with E-state index in [1.54, 1.807) is 52.8 Å². The van der Waals surface area contributed by atoms with Crippen LogP contribution in [0.3, 0.4) is 0 Å². The number of Topliss-reactive ketones (excluding diaryl/α,β-unsaturated/α-hetero) is 1. The van der Waals surface area contributed by atoms with Gasteiger partial charge in [-0.05, 0) is 65.1 Å². The maximum absolute atomic E-state index is 15.9. The first-order valence-electron chi connectivity index (χ1n) is 22.6. The molecule has 2 aliphatic rings. The molecular formula is C49H58F2N8O8. The summed E-state index contributed by atoms with van der Waals surface area (Å²) in [5.74, 6) is -12.5. The van der Waals surface area contributed by atoms with Gasteiger partial charge in [0.2, 0.25) is 23.5 Å². The second-order valence-corrected chi connectivity index (χ2v) is 17.8. The monoisotopic (exact) mass is 924 g/mol. The Balaban J connectivity index is 1.21. The fourth-order valence-corrected chi connectivity index (χ4v) is 8.35. The van der Waals surface area contributed by atoms with Crippen LogP contribution in [-0.4, -0.2) is 110 Å². The van der Waals surface area contributed by atoms with Gasteiger partial charge >= 0.3 is 12.0 Å². The molecule has 0 bridgehead atoms. The summed E-state index contributed by atoms with van der Waals surface area (Å²) in [7, 11) is 0. The van der Waals surface area contributed by atoms with E-state index in [0.29, 0.717) is 18.5 Å². The van der Waals surface area contributed by atoms with Crippen molar-refractivity contribution in [2.24, 2.45) is 11.8 Å². The number of nitrogens with zero attached hydrogens (tertiary/aromatic N) is 4. The van der Waals surface area contributed by atoms with Gasteiger partial charge < -0.3 is 35.8 Å². The molecule has 3 aromatic carbocycles. The first kappa shape index (κ1) is 49.6. The van der Waals surface area contributed by atoms with Crippen molar-refractivity contribution in [1.29, 1.82) is 0 Å². The molecule has 4 N–H and O–H groups in total. The molecule has 6 atom stereocenters. The molecule has 1 saturated heterocycles. The van der Waals surface area contributed by atoms with Crippen LogP contribution >= 0.6 is 0 Å². The molecule has 1 fully saturated rings. The van der Waals surface area contributed by atoms with Gasteiger partial charge in [0.25, 0.3) is 11.8 Å². The Hall–Kier alpha value is -6.85. The average Bonchev–Trinajstić information content (AvgIpc) is 3.75. The number of aromatic nitrogens is 2. The lowest BCUT2D eigenvalue weighted by Crippen LogP contribution is -2.60.